The third-order valence-corrected chi connectivity index (χ3v) is 0.983. The third-order valence-electron chi connectivity index (χ3n) is 0.983. The summed E-state index contributed by atoms with van der Waals surface area (Å²) in [6, 6.07) is 0. The summed E-state index contributed by atoms with van der Waals surface area (Å²) in [6.45, 7) is 10.8. The molecule has 0 unspecified atom stereocenters. The van der Waals surface area contributed by atoms with Crippen molar-refractivity contribution in [3.63, 3.8) is 0 Å². The van der Waals surface area contributed by atoms with Gasteiger partial charge in [-0.2, -0.15) is 0 Å². The molecular weight excluding hydrogens is 152 g/mol. The Bertz CT molecular complexity index is 140. The molecule has 4 nitrogen and oxygen atoms in total. The number of aliphatic imine (C=N–C) groups is 2. The molecule has 0 atom stereocenters. The molecule has 0 aromatic carbocycles. The Balaban J connectivity index is 0. The lowest BCUT2D eigenvalue weighted by atomic mass is 10.6. The minimum absolute atomic E-state index is 0.266. The highest BCUT2D eigenvalue weighted by Gasteiger charge is 1.87. The Morgan fingerprint density at radius 1 is 1.42 bits per heavy atom. The molecule has 0 aliphatic carbocycles. The van der Waals surface area contributed by atoms with Gasteiger partial charge in [0.25, 0.3) is 0 Å². The molecule has 0 saturated carbocycles. The maximum atomic E-state index is 5.26. The van der Waals surface area contributed by atoms with E-state index in [0.717, 1.165) is 6.54 Å². The van der Waals surface area contributed by atoms with E-state index in [2.05, 4.69) is 29.9 Å². The molecule has 0 heterocycles. The largest absolute Gasteiger partial charge is 0.368 e. The van der Waals surface area contributed by atoms with Crippen LogP contribution in [0.2, 0.25) is 0 Å². The first-order valence-electron chi connectivity index (χ1n) is 3.58. The highest BCUT2D eigenvalue weighted by Crippen LogP contribution is 1.76. The average Bonchev–Trinajstić information content (AvgIpc) is 2.07. The van der Waals surface area contributed by atoms with Gasteiger partial charge in [0.2, 0.25) is 5.96 Å². The zero-order chi connectivity index (χ0) is 9.98. The molecule has 70 valence electrons. The van der Waals surface area contributed by atoms with Crippen molar-refractivity contribution in [2.45, 2.75) is 0 Å². The number of nitrogens with zero attached hydrogens (tertiary/aromatic N) is 3. The lowest BCUT2D eigenvalue weighted by molar-refractivity contribution is 0.420. The number of rotatable bonds is 3. The van der Waals surface area contributed by atoms with Crippen LogP contribution in [0.4, 0.5) is 0 Å². The van der Waals surface area contributed by atoms with Gasteiger partial charge in [-0.05, 0) is 20.8 Å². The van der Waals surface area contributed by atoms with Crippen molar-refractivity contribution in [3.8, 4) is 0 Å². The molecule has 0 saturated heterocycles. The van der Waals surface area contributed by atoms with Gasteiger partial charge in [0.1, 0.15) is 0 Å². The molecule has 12 heavy (non-hydrogen) atoms. The lowest BCUT2D eigenvalue weighted by Gasteiger charge is -2.05. The molecule has 0 amide bonds. The van der Waals surface area contributed by atoms with Crippen molar-refractivity contribution in [1.82, 2.24) is 4.90 Å². The van der Waals surface area contributed by atoms with Gasteiger partial charge in [0.05, 0.1) is 6.54 Å². The van der Waals surface area contributed by atoms with Crippen molar-refractivity contribution < 1.29 is 0 Å². The Hall–Kier alpha value is -1.16. The van der Waals surface area contributed by atoms with E-state index in [1.54, 1.807) is 0 Å². The van der Waals surface area contributed by atoms with Gasteiger partial charge in [-0.3, -0.25) is 4.99 Å². The predicted molar refractivity (Wildman–Crippen MR) is 55.8 cm³/mol. The van der Waals surface area contributed by atoms with Gasteiger partial charge in [0.15, 0.2) is 0 Å². The van der Waals surface area contributed by atoms with Crippen molar-refractivity contribution in [3.05, 3.63) is 13.2 Å². The van der Waals surface area contributed by atoms with Crippen LogP contribution in [0, 0.1) is 0 Å². The van der Waals surface area contributed by atoms with E-state index in [4.69, 9.17) is 5.73 Å². The van der Waals surface area contributed by atoms with Crippen LogP contribution in [-0.2, 0) is 0 Å². The zero-order valence-electron chi connectivity index (χ0n) is 7.95. The molecule has 0 fully saturated rings. The normalized spacial score (nSPS) is 10.4. The fraction of sp³-hybridized carbons (Fsp3) is 0.500. The van der Waals surface area contributed by atoms with Crippen LogP contribution in [0.5, 0.6) is 0 Å². The minimum atomic E-state index is 0.266. The van der Waals surface area contributed by atoms with Gasteiger partial charge in [-0.15, -0.1) is 13.2 Å². The summed E-state index contributed by atoms with van der Waals surface area (Å²) in [5, 5.41) is 0. The van der Waals surface area contributed by atoms with Crippen molar-refractivity contribution in [1.29, 1.82) is 0 Å². The maximum absolute atomic E-state index is 5.26. The number of guanidine groups is 1. The van der Waals surface area contributed by atoms with E-state index in [0.29, 0.717) is 6.54 Å². The topological polar surface area (TPSA) is 54.0 Å². The van der Waals surface area contributed by atoms with Crippen LogP contribution < -0.4 is 5.73 Å². The molecule has 0 spiro atoms. The molecule has 0 aliphatic heterocycles. The molecule has 0 aromatic heterocycles. The fourth-order valence-electron chi connectivity index (χ4n) is 0.415. The van der Waals surface area contributed by atoms with Crippen molar-refractivity contribution >= 4 is 12.7 Å². The maximum Gasteiger partial charge on any atom is 0.214 e. The molecule has 0 rings (SSSR count). The van der Waals surface area contributed by atoms with Gasteiger partial charge < -0.3 is 10.6 Å². The summed E-state index contributed by atoms with van der Waals surface area (Å²) in [6.07, 6.45) is 0. The highest BCUT2D eigenvalue weighted by molar-refractivity contribution is 5.82. The van der Waals surface area contributed by atoms with E-state index < -0.39 is 0 Å². The van der Waals surface area contributed by atoms with E-state index in [9.17, 15) is 0 Å². The van der Waals surface area contributed by atoms with Crippen LogP contribution in [-0.4, -0.2) is 44.8 Å². The number of hydrogen-bond acceptors (Lipinski definition) is 2. The second-order valence-corrected chi connectivity index (χ2v) is 2.20. The van der Waals surface area contributed by atoms with Crippen LogP contribution in [0.1, 0.15) is 0 Å². The second kappa shape index (κ2) is 9.84. The van der Waals surface area contributed by atoms with Crippen LogP contribution in [0.15, 0.2) is 23.1 Å². The molecule has 0 aromatic rings. The van der Waals surface area contributed by atoms with E-state index in [1.807, 2.05) is 19.0 Å². The summed E-state index contributed by atoms with van der Waals surface area (Å²) < 4.78 is 0. The van der Waals surface area contributed by atoms with Crippen LogP contribution in [0.25, 0.3) is 0 Å². The summed E-state index contributed by atoms with van der Waals surface area (Å²) in [5.41, 5.74) is 5.26. The highest BCUT2D eigenvalue weighted by atomic mass is 15.1. The third kappa shape index (κ3) is 11.6. The standard InChI is InChI=1S/C6H14N4.C2H4/c1-8-6(7)9-4-5-10(2)3;1-2/h1,4-5H2,2-3H3,(H2,7,9);1-2H2. The lowest BCUT2D eigenvalue weighted by Crippen LogP contribution is -2.17. The predicted octanol–water partition coefficient (Wildman–Crippen LogP) is 0.365. The first kappa shape index (κ1) is 13.4. The molecule has 2 N–H and O–H groups in total. The zero-order valence-corrected chi connectivity index (χ0v) is 7.95. The fourth-order valence-corrected chi connectivity index (χ4v) is 0.415. The number of likely N-dealkylation sites (N-methyl/N-ethyl adjacent to an activating group) is 1. The Morgan fingerprint density at radius 3 is 2.25 bits per heavy atom. The SMILES string of the molecule is C=C.C=NC(N)=NCCN(C)C. The molecule has 0 bridgehead atoms. The Morgan fingerprint density at radius 2 is 1.92 bits per heavy atom. The van der Waals surface area contributed by atoms with Gasteiger partial charge in [0, 0.05) is 6.54 Å². The summed E-state index contributed by atoms with van der Waals surface area (Å²) in [7, 11) is 3.96. The Kier molecular flexibility index (Phi) is 11.0. The molecule has 0 radical (unpaired) electrons. The van der Waals surface area contributed by atoms with E-state index in [-0.39, 0.29) is 5.96 Å². The minimum Gasteiger partial charge on any atom is -0.368 e. The summed E-state index contributed by atoms with van der Waals surface area (Å²) in [5.74, 6) is 0.266. The second-order valence-electron chi connectivity index (χ2n) is 2.20. The first-order chi connectivity index (χ1) is 5.66. The molecule has 0 aliphatic rings. The smallest absolute Gasteiger partial charge is 0.214 e. The van der Waals surface area contributed by atoms with E-state index in [1.165, 1.54) is 0 Å². The van der Waals surface area contributed by atoms with Crippen molar-refractivity contribution in [2.24, 2.45) is 15.7 Å². The summed E-state index contributed by atoms with van der Waals surface area (Å²) >= 11 is 0. The van der Waals surface area contributed by atoms with Crippen LogP contribution >= 0.6 is 0 Å². The first-order valence-corrected chi connectivity index (χ1v) is 3.58. The Labute approximate surface area is 74.5 Å². The monoisotopic (exact) mass is 170 g/mol. The quantitative estimate of drug-likeness (QED) is 0.378. The van der Waals surface area contributed by atoms with Crippen LogP contribution in [0.3, 0.4) is 0 Å². The summed E-state index contributed by atoms with van der Waals surface area (Å²) in [4.78, 5) is 9.38. The van der Waals surface area contributed by atoms with Crippen molar-refractivity contribution in [2.75, 3.05) is 27.2 Å². The number of hydrogen-bond donors (Lipinski definition) is 1. The van der Waals surface area contributed by atoms with Gasteiger partial charge >= 0.3 is 0 Å². The van der Waals surface area contributed by atoms with E-state index >= 15 is 0 Å². The molecular formula is C8H18N4. The average molecular weight is 170 g/mol. The number of nitrogens with two attached hydrogens (primary N) is 1. The van der Waals surface area contributed by atoms with Gasteiger partial charge in [-0.25, -0.2) is 4.99 Å². The van der Waals surface area contributed by atoms with Gasteiger partial charge in [-0.1, -0.05) is 0 Å². The molecule has 4 heteroatoms.